The number of ether oxygens (including phenoxy) is 1. The van der Waals surface area contributed by atoms with Gasteiger partial charge < -0.3 is 15.2 Å². The molecule has 0 bridgehead atoms. The summed E-state index contributed by atoms with van der Waals surface area (Å²) < 4.78 is 5.36. The van der Waals surface area contributed by atoms with Crippen molar-refractivity contribution in [1.29, 1.82) is 0 Å². The molecule has 0 fully saturated rings. The van der Waals surface area contributed by atoms with Crippen LogP contribution in [0.25, 0.3) is 22.2 Å². The molecule has 1 heterocycles. The molecule has 4 aromatic rings. The number of hydrogen-bond donors (Lipinski definition) is 2. The zero-order chi connectivity index (χ0) is 21.3. The maximum absolute atomic E-state index is 11.2. The quantitative estimate of drug-likeness (QED) is 0.498. The number of hydrogen-bond acceptors (Lipinski definition) is 6. The maximum Gasteiger partial charge on any atom is 0.335 e. The fourth-order valence-electron chi connectivity index (χ4n) is 3.32. The number of fused-ring (bicyclic) bond motifs is 1. The molecule has 0 radical (unpaired) electrons. The molecule has 30 heavy (non-hydrogen) atoms. The monoisotopic (exact) mass is 400 g/mol. The summed E-state index contributed by atoms with van der Waals surface area (Å²) in [4.78, 5) is 15.7. The Balaban J connectivity index is 1.71. The molecule has 0 aliphatic heterocycles. The van der Waals surface area contributed by atoms with E-state index in [-0.39, 0.29) is 5.56 Å². The molecule has 0 amide bonds. The Morgan fingerprint density at radius 1 is 1.00 bits per heavy atom. The van der Waals surface area contributed by atoms with Crippen LogP contribution in [0.5, 0.6) is 5.75 Å². The molecule has 0 unspecified atom stereocenters. The number of carboxylic acid groups (broad SMARTS) is 1. The first-order chi connectivity index (χ1) is 14.4. The van der Waals surface area contributed by atoms with Crippen LogP contribution in [0.1, 0.15) is 21.5 Å². The second kappa shape index (κ2) is 7.79. The van der Waals surface area contributed by atoms with Crippen molar-refractivity contribution in [1.82, 2.24) is 15.2 Å². The van der Waals surface area contributed by atoms with Crippen LogP contribution in [0.15, 0.2) is 54.6 Å². The lowest BCUT2D eigenvalue weighted by Gasteiger charge is -2.11. The van der Waals surface area contributed by atoms with Crippen molar-refractivity contribution in [2.75, 3.05) is 12.4 Å². The third-order valence-corrected chi connectivity index (χ3v) is 4.87. The van der Waals surface area contributed by atoms with Gasteiger partial charge in [0.25, 0.3) is 0 Å². The Bertz CT molecular complexity index is 1270. The molecule has 0 saturated heterocycles. The third-order valence-electron chi connectivity index (χ3n) is 4.87. The van der Waals surface area contributed by atoms with Crippen LogP contribution >= 0.6 is 0 Å². The minimum Gasteiger partial charge on any atom is -0.497 e. The molecule has 0 spiro atoms. The number of rotatable bonds is 5. The summed E-state index contributed by atoms with van der Waals surface area (Å²) >= 11 is 0. The summed E-state index contributed by atoms with van der Waals surface area (Å²) in [5, 5.41) is 20.7. The van der Waals surface area contributed by atoms with Gasteiger partial charge in [-0.1, -0.05) is 12.1 Å². The van der Waals surface area contributed by atoms with Crippen LogP contribution in [0.2, 0.25) is 0 Å². The molecule has 0 aliphatic carbocycles. The van der Waals surface area contributed by atoms with E-state index in [1.165, 1.54) is 12.1 Å². The lowest BCUT2D eigenvalue weighted by Crippen LogP contribution is -2.02. The average molecular weight is 400 g/mol. The number of nitrogens with one attached hydrogen (secondary N) is 1. The van der Waals surface area contributed by atoms with E-state index in [0.29, 0.717) is 17.2 Å². The van der Waals surface area contributed by atoms with Crippen LogP contribution < -0.4 is 10.1 Å². The zero-order valence-corrected chi connectivity index (χ0v) is 16.8. The summed E-state index contributed by atoms with van der Waals surface area (Å²) in [7, 11) is 1.65. The number of methoxy groups -OCH3 is 1. The van der Waals surface area contributed by atoms with Gasteiger partial charge in [0.1, 0.15) is 11.3 Å². The predicted octanol–water partition coefficient (Wildman–Crippen LogP) is 4.76. The largest absolute Gasteiger partial charge is 0.497 e. The third kappa shape index (κ3) is 3.77. The molecule has 0 saturated carbocycles. The van der Waals surface area contributed by atoms with Crippen molar-refractivity contribution in [2.24, 2.45) is 0 Å². The molecule has 7 heteroatoms. The fourth-order valence-corrected chi connectivity index (χ4v) is 3.32. The maximum atomic E-state index is 11.2. The molecule has 3 aromatic carbocycles. The fraction of sp³-hybridized carbons (Fsp3) is 0.130. The first kappa shape index (κ1) is 19.3. The van der Waals surface area contributed by atoms with Gasteiger partial charge in [-0.15, -0.1) is 10.2 Å². The number of carbonyl (C=O) groups is 1. The van der Waals surface area contributed by atoms with Crippen molar-refractivity contribution >= 4 is 28.6 Å². The van der Waals surface area contributed by atoms with Gasteiger partial charge in [-0.2, -0.15) is 0 Å². The summed E-state index contributed by atoms with van der Waals surface area (Å²) in [6, 6.07) is 16.4. The van der Waals surface area contributed by atoms with E-state index in [1.54, 1.807) is 19.2 Å². The van der Waals surface area contributed by atoms with Gasteiger partial charge in [-0.3, -0.25) is 0 Å². The van der Waals surface area contributed by atoms with E-state index in [9.17, 15) is 4.79 Å². The number of aryl methyl sites for hydroxylation is 2. The van der Waals surface area contributed by atoms with Crippen LogP contribution in [0, 0.1) is 13.8 Å². The molecule has 0 atom stereocenters. The smallest absolute Gasteiger partial charge is 0.335 e. The van der Waals surface area contributed by atoms with Crippen molar-refractivity contribution in [3.63, 3.8) is 0 Å². The van der Waals surface area contributed by atoms with Gasteiger partial charge in [0.2, 0.25) is 5.95 Å². The van der Waals surface area contributed by atoms with Crippen LogP contribution in [0.3, 0.4) is 0 Å². The van der Waals surface area contributed by atoms with Crippen LogP contribution in [-0.2, 0) is 0 Å². The van der Waals surface area contributed by atoms with E-state index in [2.05, 4.69) is 33.5 Å². The van der Waals surface area contributed by atoms with Crippen molar-refractivity contribution in [3.05, 3.63) is 71.3 Å². The van der Waals surface area contributed by atoms with Gasteiger partial charge in [-0.05, 0) is 78.6 Å². The normalized spacial score (nSPS) is 10.8. The summed E-state index contributed by atoms with van der Waals surface area (Å²) in [6.07, 6.45) is 0. The van der Waals surface area contributed by atoms with Crippen LogP contribution in [-0.4, -0.2) is 33.4 Å². The first-order valence-electron chi connectivity index (χ1n) is 9.35. The predicted molar refractivity (Wildman–Crippen MR) is 115 cm³/mol. The standard InChI is InChI=1S/C23H20N4O3/c1-13-7-8-18(30-3)12-19(13)16-9-14(2)21-20(11-16)26-27-23(25-21)24-17-6-4-5-15(10-17)22(28)29/h4-12H,1-3H3,(H,28,29)(H,24,25,27). The highest BCUT2D eigenvalue weighted by Gasteiger charge is 2.11. The van der Waals surface area contributed by atoms with E-state index in [4.69, 9.17) is 9.84 Å². The zero-order valence-electron chi connectivity index (χ0n) is 16.8. The number of anilines is 2. The second-order valence-corrected chi connectivity index (χ2v) is 6.99. The number of aromatic nitrogens is 3. The van der Waals surface area contributed by atoms with Gasteiger partial charge in [0.15, 0.2) is 0 Å². The Morgan fingerprint density at radius 3 is 2.60 bits per heavy atom. The van der Waals surface area contributed by atoms with Gasteiger partial charge in [0, 0.05) is 5.69 Å². The summed E-state index contributed by atoms with van der Waals surface area (Å²) in [5.41, 5.74) is 6.34. The topological polar surface area (TPSA) is 97.2 Å². The van der Waals surface area contributed by atoms with E-state index >= 15 is 0 Å². The summed E-state index contributed by atoms with van der Waals surface area (Å²) in [6.45, 7) is 4.03. The highest BCUT2D eigenvalue weighted by atomic mass is 16.5. The molecular formula is C23H20N4O3. The summed E-state index contributed by atoms with van der Waals surface area (Å²) in [5.74, 6) is 0.103. The van der Waals surface area contributed by atoms with E-state index in [0.717, 1.165) is 33.5 Å². The molecule has 4 rings (SSSR count). The molecule has 1 aromatic heterocycles. The van der Waals surface area contributed by atoms with Gasteiger partial charge in [0.05, 0.1) is 18.2 Å². The average Bonchev–Trinajstić information content (AvgIpc) is 2.74. The lowest BCUT2D eigenvalue weighted by molar-refractivity contribution is 0.0697. The highest BCUT2D eigenvalue weighted by molar-refractivity contribution is 5.89. The molecule has 2 N–H and O–H groups in total. The minimum absolute atomic E-state index is 0.184. The van der Waals surface area contributed by atoms with Crippen LogP contribution in [0.4, 0.5) is 11.6 Å². The van der Waals surface area contributed by atoms with Crippen molar-refractivity contribution < 1.29 is 14.6 Å². The number of aromatic carboxylic acids is 1. The Kier molecular flexibility index (Phi) is 5.02. The molecule has 7 nitrogen and oxygen atoms in total. The number of benzene rings is 3. The number of nitrogens with zero attached hydrogens (tertiary/aromatic N) is 3. The Labute approximate surface area is 173 Å². The van der Waals surface area contributed by atoms with Gasteiger partial charge >= 0.3 is 5.97 Å². The minimum atomic E-state index is -0.993. The molecule has 150 valence electrons. The van der Waals surface area contributed by atoms with Crippen molar-refractivity contribution in [2.45, 2.75) is 13.8 Å². The van der Waals surface area contributed by atoms with Crippen molar-refractivity contribution in [3.8, 4) is 16.9 Å². The van der Waals surface area contributed by atoms with E-state index in [1.807, 2.05) is 31.2 Å². The first-order valence-corrected chi connectivity index (χ1v) is 9.35. The Hall–Kier alpha value is -4.00. The highest BCUT2D eigenvalue weighted by Crippen LogP contribution is 2.31. The lowest BCUT2D eigenvalue weighted by atomic mass is 9.98. The second-order valence-electron chi connectivity index (χ2n) is 6.99. The molecule has 0 aliphatic rings. The Morgan fingerprint density at radius 2 is 1.83 bits per heavy atom. The van der Waals surface area contributed by atoms with Gasteiger partial charge in [-0.25, -0.2) is 9.78 Å². The molecular weight excluding hydrogens is 380 g/mol. The van der Waals surface area contributed by atoms with E-state index < -0.39 is 5.97 Å². The SMILES string of the molecule is COc1ccc(C)c(-c2cc(C)c3nc(Nc4cccc(C(=O)O)c4)nnc3c2)c1. The number of carboxylic acids is 1.